The quantitative estimate of drug-likeness (QED) is 0.869. The number of nitrogens with one attached hydrogen (secondary N) is 1. The number of methoxy groups -OCH3 is 2. The Hall–Kier alpha value is -1.75. The number of carbonyl (C=O) groups is 1. The van der Waals surface area contributed by atoms with E-state index < -0.39 is 0 Å². The molecule has 0 aromatic heterocycles. The Morgan fingerprint density at radius 2 is 2.05 bits per heavy atom. The molecule has 1 aromatic carbocycles. The fourth-order valence-electron chi connectivity index (χ4n) is 2.51. The molecule has 1 aromatic rings. The highest BCUT2D eigenvalue weighted by atomic mass is 16.5. The Kier molecular flexibility index (Phi) is 5.44. The van der Waals surface area contributed by atoms with Crippen LogP contribution >= 0.6 is 0 Å². The molecule has 0 radical (unpaired) electrons. The van der Waals surface area contributed by atoms with Crippen LogP contribution < -0.4 is 14.8 Å². The van der Waals surface area contributed by atoms with Crippen molar-refractivity contribution in [1.82, 2.24) is 5.32 Å². The molecule has 1 aliphatic heterocycles. The van der Waals surface area contributed by atoms with Crippen LogP contribution in [0.4, 0.5) is 0 Å². The molecule has 2 rings (SSSR count). The summed E-state index contributed by atoms with van der Waals surface area (Å²) in [5.41, 5.74) is 2.26. The van der Waals surface area contributed by atoms with E-state index >= 15 is 0 Å². The largest absolute Gasteiger partial charge is 0.493 e. The van der Waals surface area contributed by atoms with Gasteiger partial charge in [0.1, 0.15) is 6.10 Å². The molecule has 1 heterocycles. The van der Waals surface area contributed by atoms with E-state index in [1.54, 1.807) is 14.2 Å². The zero-order chi connectivity index (χ0) is 15.2. The maximum atomic E-state index is 11.9. The first-order chi connectivity index (χ1) is 10.2. The zero-order valence-corrected chi connectivity index (χ0v) is 12.9. The lowest BCUT2D eigenvalue weighted by molar-refractivity contribution is -0.129. The number of rotatable bonds is 6. The van der Waals surface area contributed by atoms with Crippen LogP contribution in [0.15, 0.2) is 12.1 Å². The summed E-state index contributed by atoms with van der Waals surface area (Å²) in [4.78, 5) is 11.9. The van der Waals surface area contributed by atoms with E-state index in [9.17, 15) is 4.79 Å². The van der Waals surface area contributed by atoms with Gasteiger partial charge in [-0.05, 0) is 49.4 Å². The van der Waals surface area contributed by atoms with Crippen molar-refractivity contribution in [2.45, 2.75) is 32.3 Å². The van der Waals surface area contributed by atoms with Gasteiger partial charge in [0.2, 0.25) is 5.91 Å². The van der Waals surface area contributed by atoms with Crippen LogP contribution in [0.25, 0.3) is 0 Å². The van der Waals surface area contributed by atoms with Crippen molar-refractivity contribution in [3.05, 3.63) is 23.3 Å². The van der Waals surface area contributed by atoms with Crippen molar-refractivity contribution in [2.75, 3.05) is 27.4 Å². The van der Waals surface area contributed by atoms with Gasteiger partial charge in [0.25, 0.3) is 0 Å². The second kappa shape index (κ2) is 7.31. The van der Waals surface area contributed by atoms with Crippen LogP contribution in [0, 0.1) is 6.92 Å². The molecule has 1 N–H and O–H groups in total. The Labute approximate surface area is 125 Å². The van der Waals surface area contributed by atoms with Gasteiger partial charge in [-0.1, -0.05) is 0 Å². The lowest BCUT2D eigenvalue weighted by atomic mass is 10.0. The number of benzene rings is 1. The summed E-state index contributed by atoms with van der Waals surface area (Å²) < 4.78 is 15.9. The Morgan fingerprint density at radius 3 is 2.67 bits per heavy atom. The molecule has 116 valence electrons. The van der Waals surface area contributed by atoms with Crippen LogP contribution in [0.2, 0.25) is 0 Å². The predicted octanol–water partition coefficient (Wildman–Crippen LogP) is 1.85. The van der Waals surface area contributed by atoms with Crippen molar-refractivity contribution in [2.24, 2.45) is 0 Å². The summed E-state index contributed by atoms with van der Waals surface area (Å²) in [5, 5.41) is 2.93. The summed E-state index contributed by atoms with van der Waals surface area (Å²) in [5.74, 6) is 1.43. The number of carbonyl (C=O) groups excluding carboxylic acids is 1. The SMILES string of the molecule is COc1cc(C)c(CCNC(=O)C2CCCO2)cc1OC. The standard InChI is InChI=1S/C16H23NO4/c1-11-9-14(19-2)15(20-3)10-12(11)6-7-17-16(18)13-5-4-8-21-13/h9-10,13H,4-8H2,1-3H3,(H,17,18). The summed E-state index contributed by atoms with van der Waals surface area (Å²) in [7, 11) is 3.25. The van der Waals surface area contributed by atoms with Gasteiger partial charge in [0.05, 0.1) is 14.2 Å². The molecule has 1 amide bonds. The third kappa shape index (κ3) is 3.88. The van der Waals surface area contributed by atoms with Gasteiger partial charge in [-0.25, -0.2) is 0 Å². The maximum Gasteiger partial charge on any atom is 0.249 e. The molecule has 5 heteroatoms. The van der Waals surface area contributed by atoms with Gasteiger partial charge < -0.3 is 19.5 Å². The molecule has 0 spiro atoms. The minimum atomic E-state index is -0.267. The molecule has 0 aliphatic carbocycles. The van der Waals surface area contributed by atoms with E-state index in [1.807, 2.05) is 19.1 Å². The molecule has 0 saturated carbocycles. The highest BCUT2D eigenvalue weighted by Gasteiger charge is 2.22. The smallest absolute Gasteiger partial charge is 0.249 e. The third-order valence-electron chi connectivity index (χ3n) is 3.76. The lowest BCUT2D eigenvalue weighted by Gasteiger charge is -2.14. The monoisotopic (exact) mass is 293 g/mol. The first-order valence-electron chi connectivity index (χ1n) is 7.26. The molecule has 1 saturated heterocycles. The predicted molar refractivity (Wildman–Crippen MR) is 80.0 cm³/mol. The Bertz CT molecular complexity index is 495. The van der Waals surface area contributed by atoms with Gasteiger partial charge in [-0.3, -0.25) is 4.79 Å². The molecule has 1 atom stereocenters. The van der Waals surface area contributed by atoms with E-state index in [2.05, 4.69) is 5.32 Å². The molecule has 21 heavy (non-hydrogen) atoms. The van der Waals surface area contributed by atoms with E-state index in [-0.39, 0.29) is 12.0 Å². The fourth-order valence-corrected chi connectivity index (χ4v) is 2.51. The lowest BCUT2D eigenvalue weighted by Crippen LogP contribution is -2.35. The summed E-state index contributed by atoms with van der Waals surface area (Å²) in [6.07, 6.45) is 2.27. The zero-order valence-electron chi connectivity index (χ0n) is 12.9. The average molecular weight is 293 g/mol. The first-order valence-corrected chi connectivity index (χ1v) is 7.26. The number of hydrogen-bond donors (Lipinski definition) is 1. The van der Waals surface area contributed by atoms with E-state index in [0.29, 0.717) is 18.9 Å². The minimum Gasteiger partial charge on any atom is -0.493 e. The highest BCUT2D eigenvalue weighted by Crippen LogP contribution is 2.30. The number of aryl methyl sites for hydroxylation is 1. The van der Waals surface area contributed by atoms with Gasteiger partial charge in [0, 0.05) is 13.2 Å². The van der Waals surface area contributed by atoms with Crippen molar-refractivity contribution >= 4 is 5.91 Å². The van der Waals surface area contributed by atoms with Crippen molar-refractivity contribution < 1.29 is 19.0 Å². The average Bonchev–Trinajstić information content (AvgIpc) is 3.02. The van der Waals surface area contributed by atoms with Crippen LogP contribution in [-0.4, -0.2) is 39.4 Å². The van der Waals surface area contributed by atoms with Crippen LogP contribution in [0.5, 0.6) is 11.5 Å². The molecule has 1 aliphatic rings. The summed E-state index contributed by atoms with van der Waals surface area (Å²) in [6.45, 7) is 3.31. The van der Waals surface area contributed by atoms with Crippen molar-refractivity contribution in [1.29, 1.82) is 0 Å². The van der Waals surface area contributed by atoms with Crippen molar-refractivity contribution in [3.8, 4) is 11.5 Å². The van der Waals surface area contributed by atoms with Crippen molar-refractivity contribution in [3.63, 3.8) is 0 Å². The topological polar surface area (TPSA) is 56.8 Å². The third-order valence-corrected chi connectivity index (χ3v) is 3.76. The Morgan fingerprint density at radius 1 is 1.33 bits per heavy atom. The molecular formula is C16H23NO4. The van der Waals surface area contributed by atoms with Crippen LogP contribution in [-0.2, 0) is 16.0 Å². The summed E-state index contributed by atoms with van der Waals surface area (Å²) in [6, 6.07) is 3.92. The Balaban J connectivity index is 1.92. The van der Waals surface area contributed by atoms with Gasteiger partial charge in [-0.2, -0.15) is 0 Å². The highest BCUT2D eigenvalue weighted by molar-refractivity contribution is 5.80. The van der Waals surface area contributed by atoms with Gasteiger partial charge >= 0.3 is 0 Å². The maximum absolute atomic E-state index is 11.9. The minimum absolute atomic E-state index is 0.00868. The first kappa shape index (κ1) is 15.6. The number of amides is 1. The molecule has 1 fully saturated rings. The van der Waals surface area contributed by atoms with Crippen LogP contribution in [0.1, 0.15) is 24.0 Å². The number of hydrogen-bond acceptors (Lipinski definition) is 4. The summed E-state index contributed by atoms with van der Waals surface area (Å²) >= 11 is 0. The fraction of sp³-hybridized carbons (Fsp3) is 0.562. The molecule has 0 bridgehead atoms. The van der Waals surface area contributed by atoms with Crippen LogP contribution in [0.3, 0.4) is 0 Å². The van der Waals surface area contributed by atoms with Gasteiger partial charge in [-0.15, -0.1) is 0 Å². The van der Waals surface area contributed by atoms with E-state index in [0.717, 1.165) is 36.1 Å². The molecule has 5 nitrogen and oxygen atoms in total. The second-order valence-electron chi connectivity index (χ2n) is 5.18. The van der Waals surface area contributed by atoms with E-state index in [4.69, 9.17) is 14.2 Å². The van der Waals surface area contributed by atoms with E-state index in [1.165, 1.54) is 0 Å². The van der Waals surface area contributed by atoms with Gasteiger partial charge in [0.15, 0.2) is 11.5 Å². The molecular weight excluding hydrogens is 270 g/mol. The normalized spacial score (nSPS) is 17.6. The number of ether oxygens (including phenoxy) is 3. The second-order valence-corrected chi connectivity index (χ2v) is 5.18. The molecule has 1 unspecified atom stereocenters.